The number of allylic oxidation sites excluding steroid dienone is 1. The highest BCUT2D eigenvalue weighted by Crippen LogP contribution is 2.41. The van der Waals surface area contributed by atoms with E-state index in [2.05, 4.69) is 18.2 Å². The third kappa shape index (κ3) is 4.50. The van der Waals surface area contributed by atoms with Crippen molar-refractivity contribution in [2.75, 3.05) is 6.61 Å². The van der Waals surface area contributed by atoms with Gasteiger partial charge in [-0.1, -0.05) is 59.9 Å². The monoisotopic (exact) mass is 574 g/mol. The highest BCUT2D eigenvalue weighted by atomic mass is 32.1. The lowest BCUT2D eigenvalue weighted by atomic mass is 9.83. The molecule has 3 heterocycles. The first-order valence-corrected chi connectivity index (χ1v) is 14.6. The van der Waals surface area contributed by atoms with Crippen LogP contribution in [0.4, 0.5) is 0 Å². The average Bonchev–Trinajstić information content (AvgIpc) is 3.61. The van der Waals surface area contributed by atoms with Gasteiger partial charge in [0.1, 0.15) is 17.3 Å². The van der Waals surface area contributed by atoms with Crippen LogP contribution in [-0.2, 0) is 6.42 Å². The molecule has 7 nitrogen and oxygen atoms in total. The van der Waals surface area contributed by atoms with Crippen molar-refractivity contribution in [3.05, 3.63) is 138 Å². The number of benzene rings is 3. The molecule has 2 aromatic heterocycles. The van der Waals surface area contributed by atoms with Crippen molar-refractivity contribution in [3.63, 3.8) is 0 Å². The summed E-state index contributed by atoms with van der Waals surface area (Å²) in [5.41, 5.74) is 6.34. The number of carboxylic acid groups (broad SMARTS) is 1. The van der Waals surface area contributed by atoms with Crippen LogP contribution in [0.25, 0.3) is 23.1 Å². The van der Waals surface area contributed by atoms with Gasteiger partial charge in [-0.15, -0.1) is 0 Å². The molecule has 1 N–H and O–H groups in total. The molecule has 1 aliphatic carbocycles. The van der Waals surface area contributed by atoms with Gasteiger partial charge in [0.25, 0.3) is 5.56 Å². The molecule has 0 bridgehead atoms. The Balaban J connectivity index is 1.34. The number of rotatable bonds is 6. The standard InChI is InChI=1S/C34H26N2O5S/c1-2-40-24-14-11-22(12-15-24)31-27-17-13-20-5-3-4-6-26(20)30(27)35-34-36(31)32(37)29(42-34)19-25-16-18-28(41-25)21-7-9-23(10-8-21)33(38)39/h3-12,14-16,18-19,31H,2,13,17H2,1H3,(H,38,39)/t31-/m0/s1. The third-order valence-corrected chi connectivity index (χ3v) is 8.68. The topological polar surface area (TPSA) is 94.0 Å². The summed E-state index contributed by atoms with van der Waals surface area (Å²) >= 11 is 1.35. The fourth-order valence-corrected chi connectivity index (χ4v) is 6.71. The number of carboxylic acids is 1. The molecule has 7 rings (SSSR count). The minimum Gasteiger partial charge on any atom is -0.494 e. The molecule has 1 atom stereocenters. The van der Waals surface area contributed by atoms with Crippen molar-refractivity contribution >= 4 is 29.1 Å². The van der Waals surface area contributed by atoms with Crippen molar-refractivity contribution in [2.24, 2.45) is 4.99 Å². The number of hydrogen-bond acceptors (Lipinski definition) is 6. The van der Waals surface area contributed by atoms with E-state index in [1.165, 1.54) is 16.9 Å². The number of ether oxygens (including phenoxy) is 1. The SMILES string of the molecule is CCOc1ccc([C@H]2C3=C(N=c4sc(=Cc5ccc(-c6ccc(C(=O)O)cc6)o5)c(=O)n42)c2ccccc2CC3)cc1. The van der Waals surface area contributed by atoms with E-state index in [1.54, 1.807) is 30.3 Å². The number of furan rings is 1. The minimum absolute atomic E-state index is 0.119. The molecule has 0 amide bonds. The van der Waals surface area contributed by atoms with E-state index < -0.39 is 5.97 Å². The Bertz CT molecular complexity index is 2050. The van der Waals surface area contributed by atoms with Gasteiger partial charge >= 0.3 is 5.97 Å². The number of aryl methyl sites for hydroxylation is 1. The van der Waals surface area contributed by atoms with E-state index in [0.29, 0.717) is 27.5 Å². The molecule has 0 saturated carbocycles. The number of aromatic carboxylic acids is 1. The molecule has 0 saturated heterocycles. The zero-order valence-corrected chi connectivity index (χ0v) is 23.6. The van der Waals surface area contributed by atoms with Gasteiger partial charge < -0.3 is 14.3 Å². The Morgan fingerprint density at radius 1 is 1.05 bits per heavy atom. The fraction of sp³-hybridized carbons (Fsp3) is 0.147. The fourth-order valence-electron chi connectivity index (χ4n) is 5.73. The molecular formula is C34H26N2O5S. The molecule has 5 aromatic rings. The summed E-state index contributed by atoms with van der Waals surface area (Å²) in [5, 5.41) is 9.18. The summed E-state index contributed by atoms with van der Waals surface area (Å²) in [6.45, 7) is 2.54. The highest BCUT2D eigenvalue weighted by molar-refractivity contribution is 7.07. The second kappa shape index (κ2) is 10.5. The van der Waals surface area contributed by atoms with Crippen LogP contribution in [0.15, 0.2) is 105 Å². The molecule has 42 heavy (non-hydrogen) atoms. The van der Waals surface area contributed by atoms with Crippen LogP contribution in [0.1, 0.15) is 52.2 Å². The van der Waals surface area contributed by atoms with Gasteiger partial charge in [-0.25, -0.2) is 9.79 Å². The molecule has 208 valence electrons. The number of fused-ring (bicyclic) bond motifs is 3. The molecule has 0 radical (unpaired) electrons. The molecule has 3 aromatic carbocycles. The summed E-state index contributed by atoms with van der Waals surface area (Å²) < 4.78 is 14.1. The number of hydrogen-bond donors (Lipinski definition) is 1. The zero-order valence-electron chi connectivity index (χ0n) is 22.7. The second-order valence-electron chi connectivity index (χ2n) is 10.2. The predicted molar refractivity (Wildman–Crippen MR) is 161 cm³/mol. The number of carbonyl (C=O) groups is 1. The van der Waals surface area contributed by atoms with Gasteiger partial charge in [0.2, 0.25) is 0 Å². The second-order valence-corrected chi connectivity index (χ2v) is 11.2. The lowest BCUT2D eigenvalue weighted by molar-refractivity contribution is 0.0697. The van der Waals surface area contributed by atoms with Crippen molar-refractivity contribution < 1.29 is 19.1 Å². The predicted octanol–water partition coefficient (Wildman–Crippen LogP) is 5.68. The van der Waals surface area contributed by atoms with Gasteiger partial charge in [-0.2, -0.15) is 0 Å². The smallest absolute Gasteiger partial charge is 0.335 e. The Morgan fingerprint density at radius 2 is 1.83 bits per heavy atom. The lowest BCUT2D eigenvalue weighted by Crippen LogP contribution is -2.38. The summed E-state index contributed by atoms with van der Waals surface area (Å²) in [4.78, 5) is 30.9. The van der Waals surface area contributed by atoms with Crippen molar-refractivity contribution in [1.29, 1.82) is 0 Å². The first-order chi connectivity index (χ1) is 20.5. The molecule has 0 fully saturated rings. The number of aromatic nitrogens is 1. The molecule has 8 heteroatoms. The van der Waals surface area contributed by atoms with Crippen LogP contribution >= 0.6 is 11.3 Å². The molecule has 1 aliphatic heterocycles. The van der Waals surface area contributed by atoms with Crippen LogP contribution in [0.2, 0.25) is 0 Å². The van der Waals surface area contributed by atoms with Crippen LogP contribution in [0.3, 0.4) is 0 Å². The maximum Gasteiger partial charge on any atom is 0.335 e. The van der Waals surface area contributed by atoms with E-state index in [4.69, 9.17) is 14.1 Å². The summed E-state index contributed by atoms with van der Waals surface area (Å²) in [7, 11) is 0. The highest BCUT2D eigenvalue weighted by Gasteiger charge is 2.32. The largest absolute Gasteiger partial charge is 0.494 e. The van der Waals surface area contributed by atoms with Gasteiger partial charge in [0.15, 0.2) is 4.80 Å². The van der Waals surface area contributed by atoms with E-state index in [-0.39, 0.29) is 17.2 Å². The van der Waals surface area contributed by atoms with Crippen LogP contribution in [-0.4, -0.2) is 22.2 Å². The van der Waals surface area contributed by atoms with Gasteiger partial charge in [0, 0.05) is 17.2 Å². The minimum atomic E-state index is -0.981. The Morgan fingerprint density at radius 3 is 2.60 bits per heavy atom. The summed E-state index contributed by atoms with van der Waals surface area (Å²) in [6.07, 6.45) is 3.47. The first kappa shape index (κ1) is 26.0. The summed E-state index contributed by atoms with van der Waals surface area (Å²) in [5.74, 6) is 0.934. The maximum atomic E-state index is 14.0. The molecule has 2 aliphatic rings. The summed E-state index contributed by atoms with van der Waals surface area (Å²) in [6, 6.07) is 26.2. The van der Waals surface area contributed by atoms with E-state index in [9.17, 15) is 14.7 Å². The normalized spacial score (nSPS) is 15.9. The Hall–Kier alpha value is -4.95. The van der Waals surface area contributed by atoms with Gasteiger partial charge in [0.05, 0.1) is 28.4 Å². The van der Waals surface area contributed by atoms with E-state index >= 15 is 0 Å². The maximum absolute atomic E-state index is 14.0. The zero-order chi connectivity index (χ0) is 28.8. The van der Waals surface area contributed by atoms with Crippen LogP contribution < -0.4 is 19.6 Å². The lowest BCUT2D eigenvalue weighted by Gasteiger charge is -2.30. The Kier molecular flexibility index (Phi) is 6.47. The van der Waals surface area contributed by atoms with Crippen molar-refractivity contribution in [1.82, 2.24) is 4.57 Å². The number of thiazole rings is 1. The van der Waals surface area contributed by atoms with Crippen molar-refractivity contribution in [3.8, 4) is 17.1 Å². The molecule has 0 unspecified atom stereocenters. The van der Waals surface area contributed by atoms with Crippen molar-refractivity contribution in [2.45, 2.75) is 25.8 Å². The molecular weight excluding hydrogens is 548 g/mol. The van der Waals surface area contributed by atoms with E-state index in [1.807, 2.05) is 54.0 Å². The van der Waals surface area contributed by atoms with Gasteiger partial charge in [-0.3, -0.25) is 9.36 Å². The number of nitrogens with zero attached hydrogens (tertiary/aromatic N) is 2. The quantitative estimate of drug-likeness (QED) is 0.282. The molecule has 0 spiro atoms. The average molecular weight is 575 g/mol. The van der Waals surface area contributed by atoms with Gasteiger partial charge in [-0.05, 0) is 72.9 Å². The van der Waals surface area contributed by atoms with Crippen LogP contribution in [0, 0.1) is 0 Å². The van der Waals surface area contributed by atoms with E-state index in [0.717, 1.165) is 46.6 Å². The third-order valence-electron chi connectivity index (χ3n) is 7.70. The first-order valence-electron chi connectivity index (χ1n) is 13.8. The Labute approximate surface area is 245 Å². The van der Waals surface area contributed by atoms with Crippen LogP contribution in [0.5, 0.6) is 5.75 Å².